The lowest BCUT2D eigenvalue weighted by molar-refractivity contribution is 0.222. The largest absolute Gasteiger partial charge is 0.497 e. The van der Waals surface area contributed by atoms with Crippen molar-refractivity contribution in [3.05, 3.63) is 23.8 Å². The number of rotatable bonds is 5. The van der Waals surface area contributed by atoms with Crippen molar-refractivity contribution in [2.24, 2.45) is 11.1 Å². The second-order valence-electron chi connectivity index (χ2n) is 6.28. The Hall–Kier alpha value is -1.26. The van der Waals surface area contributed by atoms with Gasteiger partial charge in [0, 0.05) is 25.2 Å². The van der Waals surface area contributed by atoms with Crippen molar-refractivity contribution in [1.29, 1.82) is 0 Å². The molecule has 4 nitrogen and oxygen atoms in total. The van der Waals surface area contributed by atoms with Gasteiger partial charge in [-0.15, -0.1) is 0 Å². The van der Waals surface area contributed by atoms with Crippen LogP contribution in [0.3, 0.4) is 0 Å². The zero-order chi connectivity index (χ0) is 14.8. The minimum Gasteiger partial charge on any atom is -0.497 e. The predicted molar refractivity (Wildman–Crippen MR) is 81.3 cm³/mol. The maximum absolute atomic E-state index is 6.03. The monoisotopic (exact) mass is 278 g/mol. The first-order valence-electron chi connectivity index (χ1n) is 7.16. The van der Waals surface area contributed by atoms with Crippen molar-refractivity contribution in [1.82, 2.24) is 4.90 Å². The lowest BCUT2D eigenvalue weighted by Gasteiger charge is -2.29. The van der Waals surface area contributed by atoms with Gasteiger partial charge in [-0.1, -0.05) is 13.8 Å². The average molecular weight is 278 g/mol. The van der Waals surface area contributed by atoms with Crippen molar-refractivity contribution in [3.63, 3.8) is 0 Å². The molecule has 20 heavy (non-hydrogen) atoms. The molecule has 1 aromatic carbocycles. The summed E-state index contributed by atoms with van der Waals surface area (Å²) in [6, 6.07) is 6.24. The van der Waals surface area contributed by atoms with Crippen LogP contribution in [0.4, 0.5) is 0 Å². The number of ether oxygens (including phenoxy) is 2. The van der Waals surface area contributed by atoms with Gasteiger partial charge in [0.25, 0.3) is 0 Å². The molecule has 1 saturated heterocycles. The van der Waals surface area contributed by atoms with Crippen molar-refractivity contribution in [2.75, 3.05) is 33.9 Å². The third-order valence-corrected chi connectivity index (χ3v) is 4.13. The fraction of sp³-hybridized carbons (Fsp3) is 0.625. The molecule has 1 aromatic rings. The summed E-state index contributed by atoms with van der Waals surface area (Å²) in [6.07, 6.45) is 1.21. The number of hydrogen-bond acceptors (Lipinski definition) is 4. The highest BCUT2D eigenvalue weighted by Gasteiger charge is 2.33. The minimum absolute atomic E-state index is 0.223. The summed E-state index contributed by atoms with van der Waals surface area (Å²) < 4.78 is 10.7. The molecule has 0 radical (unpaired) electrons. The Morgan fingerprint density at radius 1 is 1.20 bits per heavy atom. The van der Waals surface area contributed by atoms with E-state index in [1.807, 2.05) is 6.07 Å². The van der Waals surface area contributed by atoms with E-state index in [9.17, 15) is 0 Å². The summed E-state index contributed by atoms with van der Waals surface area (Å²) >= 11 is 0. The van der Waals surface area contributed by atoms with E-state index in [1.54, 1.807) is 14.2 Å². The standard InChI is InChI=1S/C16H26N2O2/c1-16(2)5-6-18(11-16)15(10-17)12-7-13(19-3)9-14(8-12)20-4/h7-9,15H,5-6,10-11,17H2,1-4H3. The molecule has 0 aromatic heterocycles. The Balaban J connectivity index is 2.27. The van der Waals surface area contributed by atoms with Gasteiger partial charge in [-0.3, -0.25) is 4.90 Å². The minimum atomic E-state index is 0.223. The number of benzene rings is 1. The summed E-state index contributed by atoms with van der Waals surface area (Å²) in [7, 11) is 3.35. The predicted octanol–water partition coefficient (Wildman–Crippen LogP) is 2.44. The quantitative estimate of drug-likeness (QED) is 0.898. The molecule has 4 heteroatoms. The molecule has 1 fully saturated rings. The fourth-order valence-corrected chi connectivity index (χ4v) is 2.94. The van der Waals surface area contributed by atoms with E-state index in [4.69, 9.17) is 15.2 Å². The van der Waals surface area contributed by atoms with Gasteiger partial charge in [0.2, 0.25) is 0 Å². The van der Waals surface area contributed by atoms with Crippen LogP contribution in [0, 0.1) is 5.41 Å². The van der Waals surface area contributed by atoms with Crippen molar-refractivity contribution < 1.29 is 9.47 Å². The zero-order valence-corrected chi connectivity index (χ0v) is 13.0. The Morgan fingerprint density at radius 3 is 2.20 bits per heavy atom. The lowest BCUT2D eigenvalue weighted by Crippen LogP contribution is -2.33. The highest BCUT2D eigenvalue weighted by molar-refractivity contribution is 5.40. The van der Waals surface area contributed by atoms with Crippen LogP contribution in [-0.4, -0.2) is 38.8 Å². The molecule has 1 atom stereocenters. The number of methoxy groups -OCH3 is 2. The molecule has 0 spiro atoms. The molecule has 0 amide bonds. The van der Waals surface area contributed by atoms with E-state index in [-0.39, 0.29) is 6.04 Å². The van der Waals surface area contributed by atoms with E-state index in [1.165, 1.54) is 12.0 Å². The molecule has 0 bridgehead atoms. The molecular weight excluding hydrogens is 252 g/mol. The molecule has 112 valence electrons. The number of nitrogens with two attached hydrogens (primary N) is 1. The first-order chi connectivity index (χ1) is 9.49. The molecule has 1 aliphatic heterocycles. The van der Waals surface area contributed by atoms with Gasteiger partial charge in [-0.05, 0) is 36.1 Å². The van der Waals surface area contributed by atoms with Crippen LogP contribution in [0.1, 0.15) is 31.9 Å². The van der Waals surface area contributed by atoms with Crippen LogP contribution >= 0.6 is 0 Å². The van der Waals surface area contributed by atoms with E-state index in [0.29, 0.717) is 12.0 Å². The topological polar surface area (TPSA) is 47.7 Å². The summed E-state index contributed by atoms with van der Waals surface area (Å²) in [5.41, 5.74) is 7.57. The smallest absolute Gasteiger partial charge is 0.122 e. The van der Waals surface area contributed by atoms with Gasteiger partial charge in [-0.2, -0.15) is 0 Å². The van der Waals surface area contributed by atoms with E-state index in [0.717, 1.165) is 24.6 Å². The normalized spacial score (nSPS) is 19.9. The van der Waals surface area contributed by atoms with Gasteiger partial charge in [-0.25, -0.2) is 0 Å². The van der Waals surface area contributed by atoms with E-state index in [2.05, 4.69) is 30.9 Å². The summed E-state index contributed by atoms with van der Waals surface area (Å²) in [5, 5.41) is 0. The Bertz CT molecular complexity index is 438. The molecule has 1 aliphatic rings. The summed E-state index contributed by atoms with van der Waals surface area (Å²) in [4.78, 5) is 2.47. The van der Waals surface area contributed by atoms with Crippen molar-refractivity contribution in [2.45, 2.75) is 26.3 Å². The number of nitrogens with zero attached hydrogens (tertiary/aromatic N) is 1. The van der Waals surface area contributed by atoms with E-state index >= 15 is 0 Å². The maximum Gasteiger partial charge on any atom is 0.122 e. The summed E-state index contributed by atoms with van der Waals surface area (Å²) in [6.45, 7) is 7.40. The van der Waals surface area contributed by atoms with E-state index < -0.39 is 0 Å². The third kappa shape index (κ3) is 3.25. The van der Waals surface area contributed by atoms with Crippen molar-refractivity contribution >= 4 is 0 Å². The molecule has 1 heterocycles. The average Bonchev–Trinajstić information content (AvgIpc) is 2.79. The molecule has 2 N–H and O–H groups in total. The number of hydrogen-bond donors (Lipinski definition) is 1. The third-order valence-electron chi connectivity index (χ3n) is 4.13. The van der Waals surface area contributed by atoms with Crippen LogP contribution in [0.15, 0.2) is 18.2 Å². The highest BCUT2D eigenvalue weighted by Crippen LogP contribution is 2.36. The van der Waals surface area contributed by atoms with Crippen LogP contribution in [-0.2, 0) is 0 Å². The molecule has 2 rings (SSSR count). The SMILES string of the molecule is COc1cc(OC)cc(C(CN)N2CCC(C)(C)C2)c1. The summed E-state index contributed by atoms with van der Waals surface area (Å²) in [5.74, 6) is 1.63. The van der Waals surface area contributed by atoms with Crippen LogP contribution < -0.4 is 15.2 Å². The van der Waals surface area contributed by atoms with Gasteiger partial charge < -0.3 is 15.2 Å². The Labute approximate surface area is 121 Å². The second kappa shape index (κ2) is 6.02. The number of likely N-dealkylation sites (tertiary alicyclic amines) is 1. The first kappa shape index (κ1) is 15.1. The van der Waals surface area contributed by atoms with Crippen LogP contribution in [0.5, 0.6) is 11.5 Å². The van der Waals surface area contributed by atoms with Crippen molar-refractivity contribution in [3.8, 4) is 11.5 Å². The van der Waals surface area contributed by atoms with Gasteiger partial charge in [0.15, 0.2) is 0 Å². The highest BCUT2D eigenvalue weighted by atomic mass is 16.5. The van der Waals surface area contributed by atoms with Gasteiger partial charge in [0.1, 0.15) is 11.5 Å². The molecule has 0 aliphatic carbocycles. The van der Waals surface area contributed by atoms with Gasteiger partial charge >= 0.3 is 0 Å². The fourth-order valence-electron chi connectivity index (χ4n) is 2.94. The Kier molecular flexibility index (Phi) is 4.55. The molecule has 1 unspecified atom stereocenters. The van der Waals surface area contributed by atoms with Crippen LogP contribution in [0.25, 0.3) is 0 Å². The molecular formula is C16H26N2O2. The lowest BCUT2D eigenvalue weighted by atomic mass is 9.93. The van der Waals surface area contributed by atoms with Gasteiger partial charge in [0.05, 0.1) is 14.2 Å². The van der Waals surface area contributed by atoms with Crippen LogP contribution in [0.2, 0.25) is 0 Å². The Morgan fingerprint density at radius 2 is 1.80 bits per heavy atom. The maximum atomic E-state index is 6.03. The second-order valence-corrected chi connectivity index (χ2v) is 6.28. The first-order valence-corrected chi connectivity index (χ1v) is 7.16. The molecule has 0 saturated carbocycles. The zero-order valence-electron chi connectivity index (χ0n) is 13.0.